The van der Waals surface area contributed by atoms with Crippen LogP contribution in [0.3, 0.4) is 0 Å². The Kier molecular flexibility index (Phi) is 4.83. The molecule has 19 heavy (non-hydrogen) atoms. The van der Waals surface area contributed by atoms with Crippen LogP contribution >= 0.6 is 11.6 Å². The van der Waals surface area contributed by atoms with Crippen LogP contribution in [0.1, 0.15) is 25.3 Å². The summed E-state index contributed by atoms with van der Waals surface area (Å²) in [7, 11) is 1.99. The molecule has 1 heterocycles. The molecule has 1 aromatic rings. The zero-order valence-corrected chi connectivity index (χ0v) is 12.4. The minimum Gasteiger partial charge on any atom is -0.341 e. The molecule has 0 saturated carbocycles. The van der Waals surface area contributed by atoms with E-state index in [4.69, 9.17) is 11.6 Å². The van der Waals surface area contributed by atoms with Gasteiger partial charge < -0.3 is 4.90 Å². The molecule has 0 N–H and O–H groups in total. The number of amides is 1. The summed E-state index contributed by atoms with van der Waals surface area (Å²) in [6.45, 7) is 4.57. The number of hydrogen-bond acceptors (Lipinski definition) is 2. The van der Waals surface area contributed by atoms with E-state index in [0.29, 0.717) is 0 Å². The Hall–Kier alpha value is -1.06. The number of halogens is 1. The van der Waals surface area contributed by atoms with Crippen LogP contribution < -0.4 is 0 Å². The van der Waals surface area contributed by atoms with Gasteiger partial charge in [0.15, 0.2) is 0 Å². The van der Waals surface area contributed by atoms with E-state index in [-0.39, 0.29) is 11.9 Å². The molecular weight excluding hydrogens is 260 g/mol. The second kappa shape index (κ2) is 6.40. The summed E-state index contributed by atoms with van der Waals surface area (Å²) in [5, 5.41) is 0.743. The largest absolute Gasteiger partial charge is 0.341 e. The van der Waals surface area contributed by atoms with Crippen molar-refractivity contribution in [3.8, 4) is 0 Å². The first-order chi connectivity index (χ1) is 9.08. The molecular formula is C15H21ClN2O. The number of nitrogens with zero attached hydrogens (tertiary/aromatic N) is 2. The van der Waals surface area contributed by atoms with Crippen molar-refractivity contribution in [2.45, 2.75) is 32.4 Å². The maximum absolute atomic E-state index is 12.3. The molecule has 1 fully saturated rings. The van der Waals surface area contributed by atoms with Crippen LogP contribution in [0.2, 0.25) is 5.02 Å². The quantitative estimate of drug-likeness (QED) is 0.847. The Bertz CT molecular complexity index is 426. The average Bonchev–Trinajstić information content (AvgIpc) is 2.93. The minimum atomic E-state index is -0.0752. The van der Waals surface area contributed by atoms with Gasteiger partial charge in [0.25, 0.3) is 0 Å². The predicted molar refractivity (Wildman–Crippen MR) is 78.2 cm³/mol. The van der Waals surface area contributed by atoms with E-state index >= 15 is 0 Å². The van der Waals surface area contributed by atoms with Gasteiger partial charge in [0.2, 0.25) is 5.91 Å². The molecule has 2 rings (SSSR count). The molecule has 1 unspecified atom stereocenters. The van der Waals surface area contributed by atoms with Gasteiger partial charge in [-0.15, -0.1) is 0 Å². The highest BCUT2D eigenvalue weighted by atomic mass is 35.5. The molecule has 1 saturated heterocycles. The standard InChI is InChI=1S/C15H21ClN2O/c1-12(15(19)18-9-3-4-10-18)17(2)11-13-5-7-14(16)8-6-13/h5-8,12H,3-4,9-11H2,1-2H3. The highest BCUT2D eigenvalue weighted by Crippen LogP contribution is 2.15. The van der Waals surface area contributed by atoms with Crippen LogP contribution in [0, 0.1) is 0 Å². The van der Waals surface area contributed by atoms with Crippen molar-refractivity contribution in [1.29, 1.82) is 0 Å². The van der Waals surface area contributed by atoms with Crippen molar-refractivity contribution < 1.29 is 4.79 Å². The van der Waals surface area contributed by atoms with E-state index in [1.54, 1.807) is 0 Å². The highest BCUT2D eigenvalue weighted by molar-refractivity contribution is 6.30. The Morgan fingerprint density at radius 3 is 2.47 bits per heavy atom. The summed E-state index contributed by atoms with van der Waals surface area (Å²) in [5.41, 5.74) is 1.17. The summed E-state index contributed by atoms with van der Waals surface area (Å²) in [6, 6.07) is 7.71. The Morgan fingerprint density at radius 2 is 1.89 bits per heavy atom. The maximum Gasteiger partial charge on any atom is 0.239 e. The predicted octanol–water partition coefficient (Wildman–Crippen LogP) is 2.78. The van der Waals surface area contributed by atoms with E-state index < -0.39 is 0 Å². The molecule has 0 aliphatic carbocycles. The van der Waals surface area contributed by atoms with Gasteiger partial charge >= 0.3 is 0 Å². The smallest absolute Gasteiger partial charge is 0.239 e. The van der Waals surface area contributed by atoms with Gasteiger partial charge in [-0.2, -0.15) is 0 Å². The van der Waals surface area contributed by atoms with E-state index in [9.17, 15) is 4.79 Å². The molecule has 3 nitrogen and oxygen atoms in total. The Morgan fingerprint density at radius 1 is 1.32 bits per heavy atom. The highest BCUT2D eigenvalue weighted by Gasteiger charge is 2.25. The summed E-state index contributed by atoms with van der Waals surface area (Å²) >= 11 is 5.87. The lowest BCUT2D eigenvalue weighted by Gasteiger charge is -2.28. The third-order valence-corrected chi connectivity index (χ3v) is 4.03. The van der Waals surface area contributed by atoms with Crippen molar-refractivity contribution in [3.63, 3.8) is 0 Å². The number of likely N-dealkylation sites (N-methyl/N-ethyl adjacent to an activating group) is 1. The fourth-order valence-electron chi connectivity index (χ4n) is 2.41. The molecule has 0 bridgehead atoms. The van der Waals surface area contributed by atoms with Gasteiger partial charge in [0, 0.05) is 24.7 Å². The SMILES string of the molecule is CC(C(=O)N1CCCC1)N(C)Cc1ccc(Cl)cc1. The number of likely N-dealkylation sites (tertiary alicyclic amines) is 1. The Balaban J connectivity index is 1.92. The van der Waals surface area contributed by atoms with E-state index in [1.807, 2.05) is 43.1 Å². The topological polar surface area (TPSA) is 23.6 Å². The van der Waals surface area contributed by atoms with Gasteiger partial charge in [-0.25, -0.2) is 0 Å². The summed E-state index contributed by atoms with van der Waals surface area (Å²) in [6.07, 6.45) is 2.28. The maximum atomic E-state index is 12.3. The summed E-state index contributed by atoms with van der Waals surface area (Å²) < 4.78 is 0. The van der Waals surface area contributed by atoms with E-state index in [2.05, 4.69) is 4.90 Å². The number of rotatable bonds is 4. The Labute approximate surface area is 120 Å². The molecule has 1 atom stereocenters. The van der Waals surface area contributed by atoms with Crippen molar-refractivity contribution in [3.05, 3.63) is 34.9 Å². The number of carbonyl (C=O) groups is 1. The van der Waals surface area contributed by atoms with Crippen molar-refractivity contribution in [2.24, 2.45) is 0 Å². The minimum absolute atomic E-state index is 0.0752. The summed E-state index contributed by atoms with van der Waals surface area (Å²) in [5.74, 6) is 0.244. The lowest BCUT2D eigenvalue weighted by atomic mass is 10.2. The van der Waals surface area contributed by atoms with Gasteiger partial charge in [-0.1, -0.05) is 23.7 Å². The average molecular weight is 281 g/mol. The second-order valence-electron chi connectivity index (χ2n) is 5.25. The molecule has 0 radical (unpaired) electrons. The normalized spacial score (nSPS) is 16.9. The molecule has 0 spiro atoms. The number of benzene rings is 1. The van der Waals surface area contributed by atoms with Crippen LogP contribution in [-0.2, 0) is 11.3 Å². The monoisotopic (exact) mass is 280 g/mol. The summed E-state index contributed by atoms with van der Waals surface area (Å²) in [4.78, 5) is 16.4. The fraction of sp³-hybridized carbons (Fsp3) is 0.533. The number of hydrogen-bond donors (Lipinski definition) is 0. The van der Waals surface area contributed by atoms with Gasteiger partial charge in [0.1, 0.15) is 0 Å². The zero-order valence-electron chi connectivity index (χ0n) is 11.6. The van der Waals surface area contributed by atoms with Crippen molar-refractivity contribution in [1.82, 2.24) is 9.80 Å². The lowest BCUT2D eigenvalue weighted by Crippen LogP contribution is -2.44. The molecule has 1 aromatic carbocycles. The first-order valence-electron chi connectivity index (χ1n) is 6.81. The molecule has 1 aliphatic rings. The van der Waals surface area contributed by atoms with Gasteiger partial charge in [-0.05, 0) is 44.5 Å². The fourth-order valence-corrected chi connectivity index (χ4v) is 2.53. The first-order valence-corrected chi connectivity index (χ1v) is 7.19. The van der Waals surface area contributed by atoms with Crippen molar-refractivity contribution >= 4 is 17.5 Å². The van der Waals surface area contributed by atoms with Crippen molar-refractivity contribution in [2.75, 3.05) is 20.1 Å². The first kappa shape index (κ1) is 14.4. The number of carbonyl (C=O) groups excluding carboxylic acids is 1. The second-order valence-corrected chi connectivity index (χ2v) is 5.69. The van der Waals surface area contributed by atoms with Crippen LogP contribution in [0.25, 0.3) is 0 Å². The van der Waals surface area contributed by atoms with Gasteiger partial charge in [0.05, 0.1) is 6.04 Å². The zero-order chi connectivity index (χ0) is 13.8. The van der Waals surface area contributed by atoms with E-state index in [0.717, 1.165) is 37.5 Å². The molecule has 1 amide bonds. The van der Waals surface area contributed by atoms with Crippen LogP contribution in [0.5, 0.6) is 0 Å². The molecule has 1 aliphatic heterocycles. The van der Waals surface area contributed by atoms with Crippen LogP contribution in [-0.4, -0.2) is 41.9 Å². The van der Waals surface area contributed by atoms with Crippen LogP contribution in [0.15, 0.2) is 24.3 Å². The third kappa shape index (κ3) is 3.71. The lowest BCUT2D eigenvalue weighted by molar-refractivity contribution is -0.135. The van der Waals surface area contributed by atoms with E-state index in [1.165, 1.54) is 5.56 Å². The third-order valence-electron chi connectivity index (χ3n) is 3.78. The van der Waals surface area contributed by atoms with Gasteiger partial charge in [-0.3, -0.25) is 9.69 Å². The molecule has 104 valence electrons. The molecule has 0 aromatic heterocycles. The molecule has 4 heteroatoms. The van der Waals surface area contributed by atoms with Crippen LogP contribution in [0.4, 0.5) is 0 Å².